The van der Waals surface area contributed by atoms with E-state index in [-0.39, 0.29) is 68.2 Å². The highest BCUT2D eigenvalue weighted by Crippen LogP contribution is 2.21. The highest BCUT2D eigenvalue weighted by molar-refractivity contribution is 7.99. The Bertz CT molecular complexity index is 2970. The van der Waals surface area contributed by atoms with E-state index in [1.807, 2.05) is 18.2 Å². The molecule has 0 bridgehead atoms. The summed E-state index contributed by atoms with van der Waals surface area (Å²) in [5, 5.41) is 64.4. The minimum atomic E-state index is -1.68. The number of carbonyl (C=O) groups is 10. The van der Waals surface area contributed by atoms with Gasteiger partial charge in [-0.05, 0) is 86.7 Å². The number of amides is 10. The molecule has 0 unspecified atom stereocenters. The number of H-pyrrole nitrogens is 1. The first-order chi connectivity index (χ1) is 41.5. The van der Waals surface area contributed by atoms with Gasteiger partial charge in [-0.3, -0.25) is 47.9 Å². The van der Waals surface area contributed by atoms with Crippen molar-refractivity contribution in [3.8, 4) is 5.75 Å². The summed E-state index contributed by atoms with van der Waals surface area (Å²) in [7, 11) is 1.32. The maximum absolute atomic E-state index is 15.0. The number of carbonyl (C=O) groups excluding carboxylic acids is 10. The lowest BCUT2D eigenvalue weighted by atomic mass is 10.00. The van der Waals surface area contributed by atoms with Crippen LogP contribution in [-0.2, 0) is 67.2 Å². The van der Waals surface area contributed by atoms with E-state index in [0.717, 1.165) is 27.6 Å². The number of rotatable bonds is 27. The van der Waals surface area contributed by atoms with Crippen molar-refractivity contribution < 1.29 is 68.4 Å². The summed E-state index contributed by atoms with van der Waals surface area (Å²) in [6.45, 7) is 1.32. The number of aromatic nitrogens is 1. The van der Waals surface area contributed by atoms with Crippen LogP contribution in [0.1, 0.15) is 56.2 Å². The van der Waals surface area contributed by atoms with E-state index in [4.69, 9.17) is 11.5 Å². The van der Waals surface area contributed by atoms with Crippen LogP contribution < -0.4 is 59.3 Å². The van der Waals surface area contributed by atoms with Crippen LogP contribution in [0.3, 0.4) is 0 Å². The maximum atomic E-state index is 15.0. The van der Waals surface area contributed by atoms with Crippen LogP contribution in [0.25, 0.3) is 10.9 Å². The number of likely N-dealkylation sites (N-methyl/N-ethyl adjacent to an activating group) is 1. The number of fused-ring (bicyclic) bond motifs is 1. The number of para-hydroxylation sites is 1. The molecule has 29 heteroatoms. The lowest BCUT2D eigenvalue weighted by molar-refractivity contribution is -0.143. The van der Waals surface area contributed by atoms with Crippen LogP contribution in [0.5, 0.6) is 5.75 Å². The summed E-state index contributed by atoms with van der Waals surface area (Å²) in [5.41, 5.74) is 14.2. The highest BCUT2D eigenvalue weighted by Gasteiger charge is 2.39. The number of thioether (sulfide) groups is 1. The molecule has 0 saturated carbocycles. The first-order valence-electron chi connectivity index (χ1n) is 28.4. The minimum Gasteiger partial charge on any atom is -0.508 e. The third-order valence-electron chi connectivity index (χ3n) is 14.4. The molecule has 1 aromatic heterocycles. The number of nitrogens with one attached hydrogen (secondary N) is 10. The van der Waals surface area contributed by atoms with Crippen LogP contribution in [0.2, 0.25) is 0 Å². The second-order valence-electron chi connectivity index (χ2n) is 21.2. The molecule has 5 rings (SSSR count). The van der Waals surface area contributed by atoms with E-state index >= 15 is 9.59 Å². The molecule has 87 heavy (non-hydrogen) atoms. The Morgan fingerprint density at radius 3 is 1.97 bits per heavy atom. The van der Waals surface area contributed by atoms with Gasteiger partial charge in [0.25, 0.3) is 0 Å². The standard InChI is InChI=1S/C58H81N13O14S2/c1-32(73)45(29-72)69-55(82)46(30-86)64-48(76)28-63-51(78)39(60)27-62-49(77)31-87-22-20-47-56(83)67-42(23-35-16-18-37(75)19-17-35)53(80)66-43(25-36-26-61-40-14-8-7-13-38(36)40)54(81)65-41(15-9-10-21-59)52(79)70-50(33(2)74)57(84)68-44(58(85)71(47)3)24-34-11-5-4-6-12-34/h4-8,11-14,16-19,26,32-33,39,41-47,50,61,72-75,86H,9-10,15,20-25,27-31,59-60H2,1-3H3,(H,62,77)(H,63,78)(H,64,76)(H,65,81)(H,66,80)(H,67,83)(H,68,84)(H,69,82)(H,70,79)/t32-,33-,39+,41+,42+,43-,44+,45-,46+,47+,50+/m1/s1. The van der Waals surface area contributed by atoms with Crippen molar-refractivity contribution >= 4 is 94.4 Å². The van der Waals surface area contributed by atoms with E-state index in [2.05, 4.69) is 65.5 Å². The molecule has 1 aliphatic heterocycles. The Kier molecular flexibility index (Phi) is 28.2. The van der Waals surface area contributed by atoms with Gasteiger partial charge in [0.1, 0.15) is 54.1 Å². The van der Waals surface area contributed by atoms with Crippen LogP contribution in [0.15, 0.2) is 85.1 Å². The number of unbranched alkanes of at least 4 members (excludes halogenated alkanes) is 1. The molecule has 27 nitrogen and oxygen atoms in total. The van der Waals surface area contributed by atoms with E-state index < -0.39 is 139 Å². The molecular weight excluding hydrogens is 1170 g/mol. The third-order valence-corrected chi connectivity index (χ3v) is 15.7. The van der Waals surface area contributed by atoms with Gasteiger partial charge < -0.3 is 89.6 Å². The zero-order valence-electron chi connectivity index (χ0n) is 48.7. The van der Waals surface area contributed by atoms with Crippen LogP contribution in [-0.4, -0.2) is 207 Å². The summed E-state index contributed by atoms with van der Waals surface area (Å²) < 4.78 is 0. The summed E-state index contributed by atoms with van der Waals surface area (Å²) in [6.07, 6.45) is -0.758. The number of nitrogens with zero attached hydrogens (tertiary/aromatic N) is 1. The molecule has 18 N–H and O–H groups in total. The van der Waals surface area contributed by atoms with E-state index in [1.54, 1.807) is 42.6 Å². The van der Waals surface area contributed by atoms with Crippen LogP contribution >= 0.6 is 24.4 Å². The normalized spacial score (nSPS) is 20.8. The Morgan fingerprint density at radius 1 is 0.701 bits per heavy atom. The number of aliphatic hydroxyl groups is 3. The lowest BCUT2D eigenvalue weighted by Gasteiger charge is -2.33. The van der Waals surface area contributed by atoms with Gasteiger partial charge in [0.15, 0.2) is 0 Å². The molecule has 11 atom stereocenters. The number of phenols is 1. The molecule has 1 aliphatic rings. The molecule has 1 fully saturated rings. The molecule has 474 valence electrons. The van der Waals surface area contributed by atoms with Gasteiger partial charge in [0, 0.05) is 55.7 Å². The summed E-state index contributed by atoms with van der Waals surface area (Å²) >= 11 is 5.10. The van der Waals surface area contributed by atoms with Gasteiger partial charge in [-0.1, -0.05) is 60.7 Å². The highest BCUT2D eigenvalue weighted by atomic mass is 32.2. The average molecular weight is 1250 g/mol. The van der Waals surface area contributed by atoms with Crippen molar-refractivity contribution in [1.29, 1.82) is 0 Å². The van der Waals surface area contributed by atoms with Crippen LogP contribution in [0.4, 0.5) is 0 Å². The number of benzene rings is 3. The lowest BCUT2D eigenvalue weighted by Crippen LogP contribution is -2.63. The van der Waals surface area contributed by atoms with Gasteiger partial charge in [-0.25, -0.2) is 0 Å². The molecule has 0 aliphatic carbocycles. The number of aromatic hydroxyl groups is 1. The number of hydrogen-bond acceptors (Lipinski definition) is 18. The second-order valence-corrected chi connectivity index (χ2v) is 22.6. The zero-order chi connectivity index (χ0) is 63.7. The van der Waals surface area contributed by atoms with Gasteiger partial charge in [0.2, 0.25) is 59.1 Å². The molecule has 10 amide bonds. The Labute approximate surface area is 513 Å². The number of hydrogen-bond donors (Lipinski definition) is 17. The van der Waals surface area contributed by atoms with Gasteiger partial charge in [0.05, 0.1) is 37.2 Å². The number of aliphatic hydroxyl groups excluding tert-OH is 3. The van der Waals surface area contributed by atoms with E-state index in [1.165, 1.54) is 45.2 Å². The van der Waals surface area contributed by atoms with Gasteiger partial charge in [-0.2, -0.15) is 24.4 Å². The number of thiol groups is 1. The second kappa shape index (κ2) is 35.1. The summed E-state index contributed by atoms with van der Waals surface area (Å²) in [6, 6.07) is 9.41. The first-order valence-corrected chi connectivity index (χ1v) is 30.2. The summed E-state index contributed by atoms with van der Waals surface area (Å²) in [5.74, 6) is -8.53. The number of nitrogens with two attached hydrogens (primary N) is 2. The SMILES string of the molecule is C[C@@H](O)[C@@H]1NC(=O)[C@H](CCCCN)NC(=O)[C@@H](Cc2c[nH]c3ccccc23)NC(=O)[C@H](Cc2ccc(O)cc2)NC(=O)[C@H](CCSCC(=O)NC[C@H](N)C(=O)NCC(=O)N[C@@H](CS)C(=O)N[C@H](CO)[C@@H](C)O)N(C)C(=O)[C@H](Cc2ccccc2)NC1=O. The Balaban J connectivity index is 1.41. The minimum absolute atomic E-state index is 0.00967. The molecule has 0 spiro atoms. The average Bonchev–Trinajstić information content (AvgIpc) is 2.38. The fourth-order valence-corrected chi connectivity index (χ4v) is 10.4. The molecule has 1 saturated heterocycles. The molecule has 3 aromatic carbocycles. The molecular formula is C58H81N13O14S2. The quantitative estimate of drug-likeness (QED) is 0.0205. The smallest absolute Gasteiger partial charge is 0.245 e. The fraction of sp³-hybridized carbons (Fsp3) is 0.483. The third kappa shape index (κ3) is 21.8. The Hall–Kier alpha value is -7.80. The topological polar surface area (TPSA) is 431 Å². The zero-order valence-corrected chi connectivity index (χ0v) is 50.4. The van der Waals surface area contributed by atoms with Crippen molar-refractivity contribution in [1.82, 2.24) is 57.7 Å². The van der Waals surface area contributed by atoms with Gasteiger partial charge >= 0.3 is 0 Å². The monoisotopic (exact) mass is 1250 g/mol. The Morgan fingerprint density at radius 2 is 1.31 bits per heavy atom. The van der Waals surface area contributed by atoms with Crippen molar-refractivity contribution in [2.45, 2.75) is 125 Å². The number of phenolic OH excluding ortho intramolecular Hbond substituents is 1. The first kappa shape index (κ1) is 70.0. The van der Waals surface area contributed by atoms with Crippen LogP contribution in [0, 0.1) is 0 Å². The number of aromatic amines is 1. The maximum Gasteiger partial charge on any atom is 0.245 e. The van der Waals surface area contributed by atoms with Crippen molar-refractivity contribution in [3.05, 3.63) is 102 Å². The summed E-state index contributed by atoms with van der Waals surface area (Å²) in [4.78, 5) is 144. The predicted octanol–water partition coefficient (Wildman–Crippen LogP) is -3.37. The fourth-order valence-electron chi connectivity index (χ4n) is 9.32. The largest absolute Gasteiger partial charge is 0.508 e. The molecule has 0 radical (unpaired) electrons. The van der Waals surface area contributed by atoms with Crippen molar-refractivity contribution in [2.75, 3.05) is 50.5 Å². The molecule has 2 heterocycles. The van der Waals surface area contributed by atoms with Crippen molar-refractivity contribution in [2.24, 2.45) is 11.5 Å². The molecule has 4 aromatic rings. The van der Waals surface area contributed by atoms with E-state index in [9.17, 15) is 58.8 Å². The van der Waals surface area contributed by atoms with Crippen molar-refractivity contribution in [3.63, 3.8) is 0 Å². The predicted molar refractivity (Wildman–Crippen MR) is 327 cm³/mol. The van der Waals surface area contributed by atoms with Gasteiger partial charge in [-0.15, -0.1) is 0 Å². The van der Waals surface area contributed by atoms with E-state index in [0.29, 0.717) is 29.5 Å².